The maximum atomic E-state index is 12.0. The molecule has 1 aromatic carbocycles. The molecule has 0 radical (unpaired) electrons. The molecule has 0 atom stereocenters. The van der Waals surface area contributed by atoms with Crippen LogP contribution in [-0.2, 0) is 9.47 Å². The summed E-state index contributed by atoms with van der Waals surface area (Å²) in [4.78, 5) is 12.0. The number of benzene rings is 1. The van der Waals surface area contributed by atoms with E-state index in [2.05, 4.69) is 10.2 Å². The van der Waals surface area contributed by atoms with Gasteiger partial charge in [-0.3, -0.25) is 5.10 Å². The fraction of sp³-hybridized carbons (Fsp3) is 0.333. The summed E-state index contributed by atoms with van der Waals surface area (Å²) in [6, 6.07) is 1.78. The predicted molar refractivity (Wildman–Crippen MR) is 77.4 cm³/mol. The zero-order valence-corrected chi connectivity index (χ0v) is 11.9. The van der Waals surface area contributed by atoms with E-state index in [4.69, 9.17) is 14.2 Å². The van der Waals surface area contributed by atoms with Crippen molar-refractivity contribution in [2.45, 2.75) is 6.42 Å². The van der Waals surface area contributed by atoms with Crippen molar-refractivity contribution in [1.29, 1.82) is 0 Å². The maximum Gasteiger partial charge on any atom is 0.340 e. The number of fused-ring (bicyclic) bond motifs is 1. The first-order valence-electron chi connectivity index (χ1n) is 6.66. The molecular weight excluding hydrogens is 272 g/mol. The molecule has 0 saturated heterocycles. The van der Waals surface area contributed by atoms with Gasteiger partial charge in [0.1, 0.15) is 11.3 Å². The highest BCUT2D eigenvalue weighted by molar-refractivity contribution is 6.06. The number of nitrogens with zero attached hydrogens (tertiary/aromatic N) is 1. The molecule has 2 heterocycles. The minimum Gasteiger partial charge on any atom is -0.495 e. The highest BCUT2D eigenvalue weighted by atomic mass is 16.5. The van der Waals surface area contributed by atoms with Crippen molar-refractivity contribution >= 4 is 22.4 Å². The van der Waals surface area contributed by atoms with Gasteiger partial charge in [0.25, 0.3) is 0 Å². The van der Waals surface area contributed by atoms with Gasteiger partial charge < -0.3 is 14.2 Å². The molecule has 3 rings (SSSR count). The van der Waals surface area contributed by atoms with E-state index in [9.17, 15) is 4.79 Å². The number of carbonyl (C=O) groups excluding carboxylic acids is 1. The highest BCUT2D eigenvalue weighted by Gasteiger charge is 2.22. The van der Waals surface area contributed by atoms with Crippen LogP contribution in [-0.4, -0.2) is 43.6 Å². The molecule has 0 bridgehead atoms. The average molecular weight is 288 g/mol. The summed E-state index contributed by atoms with van der Waals surface area (Å²) >= 11 is 0. The van der Waals surface area contributed by atoms with Gasteiger partial charge in [-0.2, -0.15) is 5.10 Å². The Labute approximate surface area is 121 Å². The molecular formula is C15H16N2O4. The molecule has 2 aromatic rings. The molecule has 1 aliphatic heterocycles. The second-order valence-electron chi connectivity index (χ2n) is 4.70. The van der Waals surface area contributed by atoms with Crippen molar-refractivity contribution in [2.24, 2.45) is 0 Å². The van der Waals surface area contributed by atoms with Crippen LogP contribution in [0.1, 0.15) is 22.3 Å². The highest BCUT2D eigenvalue weighted by Crippen LogP contribution is 2.37. The van der Waals surface area contributed by atoms with Gasteiger partial charge in [-0.25, -0.2) is 4.79 Å². The predicted octanol–water partition coefficient (Wildman–Crippen LogP) is 2.16. The third kappa shape index (κ3) is 2.27. The molecule has 0 unspecified atom stereocenters. The summed E-state index contributed by atoms with van der Waals surface area (Å²) in [5.41, 5.74) is 2.97. The van der Waals surface area contributed by atoms with E-state index in [1.807, 2.05) is 6.08 Å². The molecule has 1 N–H and O–H groups in total. The zero-order valence-electron chi connectivity index (χ0n) is 11.9. The van der Waals surface area contributed by atoms with Crippen LogP contribution in [0.4, 0.5) is 0 Å². The second-order valence-corrected chi connectivity index (χ2v) is 4.70. The molecule has 0 fully saturated rings. The second kappa shape index (κ2) is 5.57. The van der Waals surface area contributed by atoms with Gasteiger partial charge in [0.15, 0.2) is 0 Å². The van der Waals surface area contributed by atoms with Gasteiger partial charge in [0, 0.05) is 11.8 Å². The molecule has 1 aliphatic rings. The monoisotopic (exact) mass is 288 g/mol. The third-order valence-corrected chi connectivity index (χ3v) is 3.59. The maximum absolute atomic E-state index is 12.0. The van der Waals surface area contributed by atoms with Crippen LogP contribution in [0.3, 0.4) is 0 Å². The molecule has 0 aliphatic carbocycles. The quantitative estimate of drug-likeness (QED) is 0.876. The van der Waals surface area contributed by atoms with Crippen molar-refractivity contribution in [3.05, 3.63) is 29.5 Å². The van der Waals surface area contributed by atoms with Gasteiger partial charge in [0.05, 0.1) is 38.4 Å². The number of ether oxygens (including phenoxy) is 3. The van der Waals surface area contributed by atoms with Gasteiger partial charge in [0.2, 0.25) is 0 Å². The Morgan fingerprint density at radius 2 is 2.29 bits per heavy atom. The standard InChI is InChI=1S/C15H16N2O4/c1-19-14-10(9-3-5-21-6-4-9)7-11(15(18)20-2)13-12(14)8-16-17-13/h3,7-8H,4-6H2,1-2H3,(H,16,17). The number of H-pyrrole nitrogens is 1. The number of aromatic amines is 1. The summed E-state index contributed by atoms with van der Waals surface area (Å²) in [7, 11) is 2.97. The van der Waals surface area contributed by atoms with Crippen molar-refractivity contribution < 1.29 is 19.0 Å². The summed E-state index contributed by atoms with van der Waals surface area (Å²) in [5, 5.41) is 7.68. The minimum absolute atomic E-state index is 0.413. The van der Waals surface area contributed by atoms with Crippen molar-refractivity contribution in [1.82, 2.24) is 10.2 Å². The lowest BCUT2D eigenvalue weighted by Crippen LogP contribution is -2.08. The number of nitrogens with one attached hydrogen (secondary N) is 1. The Morgan fingerprint density at radius 3 is 2.95 bits per heavy atom. The number of aromatic nitrogens is 2. The van der Waals surface area contributed by atoms with Crippen LogP contribution in [0.25, 0.3) is 16.5 Å². The molecule has 6 heteroatoms. The number of methoxy groups -OCH3 is 2. The zero-order chi connectivity index (χ0) is 14.8. The van der Waals surface area contributed by atoms with Crippen LogP contribution in [0.2, 0.25) is 0 Å². The van der Waals surface area contributed by atoms with Crippen LogP contribution < -0.4 is 4.74 Å². The van der Waals surface area contributed by atoms with Crippen LogP contribution in [0.5, 0.6) is 5.75 Å². The Kier molecular flexibility index (Phi) is 3.62. The van der Waals surface area contributed by atoms with Crippen molar-refractivity contribution in [2.75, 3.05) is 27.4 Å². The van der Waals surface area contributed by atoms with E-state index >= 15 is 0 Å². The Bertz CT molecular complexity index is 718. The van der Waals surface area contributed by atoms with Crippen LogP contribution >= 0.6 is 0 Å². The number of hydrogen-bond donors (Lipinski definition) is 1. The van der Waals surface area contributed by atoms with E-state index in [1.54, 1.807) is 19.4 Å². The fourth-order valence-corrected chi connectivity index (χ4v) is 2.59. The Morgan fingerprint density at radius 1 is 1.43 bits per heavy atom. The lowest BCUT2D eigenvalue weighted by molar-refractivity contribution is 0.0602. The molecule has 6 nitrogen and oxygen atoms in total. The SMILES string of the molecule is COC(=O)c1cc(C2=CCOCC2)c(OC)c2c[nH]nc12. The van der Waals surface area contributed by atoms with Gasteiger partial charge in [-0.05, 0) is 18.1 Å². The van der Waals surface area contributed by atoms with Crippen LogP contribution in [0, 0.1) is 0 Å². The number of rotatable bonds is 3. The van der Waals surface area contributed by atoms with E-state index in [-0.39, 0.29) is 0 Å². The smallest absolute Gasteiger partial charge is 0.340 e. The summed E-state index contributed by atoms with van der Waals surface area (Å²) in [6.07, 6.45) is 4.51. The Hall–Kier alpha value is -2.34. The molecule has 110 valence electrons. The number of hydrogen-bond acceptors (Lipinski definition) is 5. The van der Waals surface area contributed by atoms with E-state index in [0.717, 1.165) is 22.9 Å². The lowest BCUT2D eigenvalue weighted by Gasteiger charge is -2.18. The molecule has 1 aromatic heterocycles. The average Bonchev–Trinajstić information content (AvgIpc) is 3.02. The largest absolute Gasteiger partial charge is 0.495 e. The first-order valence-corrected chi connectivity index (χ1v) is 6.66. The molecule has 0 spiro atoms. The van der Waals surface area contributed by atoms with Crippen molar-refractivity contribution in [3.8, 4) is 5.75 Å². The number of esters is 1. The summed E-state index contributed by atoms with van der Waals surface area (Å²) < 4.78 is 15.7. The normalized spacial score (nSPS) is 14.9. The Balaban J connectivity index is 2.27. The van der Waals surface area contributed by atoms with Crippen LogP contribution in [0.15, 0.2) is 18.3 Å². The van der Waals surface area contributed by atoms with E-state index < -0.39 is 5.97 Å². The third-order valence-electron chi connectivity index (χ3n) is 3.59. The fourth-order valence-electron chi connectivity index (χ4n) is 2.59. The molecule has 0 saturated carbocycles. The van der Waals surface area contributed by atoms with Gasteiger partial charge in [-0.1, -0.05) is 6.08 Å². The molecule has 21 heavy (non-hydrogen) atoms. The summed E-state index contributed by atoms with van der Waals surface area (Å²) in [6.45, 7) is 1.22. The first kappa shape index (κ1) is 13.6. The minimum atomic E-state index is -0.413. The van der Waals surface area contributed by atoms with E-state index in [1.165, 1.54) is 7.11 Å². The van der Waals surface area contributed by atoms with E-state index in [0.29, 0.717) is 30.0 Å². The number of carbonyl (C=O) groups is 1. The lowest BCUT2D eigenvalue weighted by atomic mass is 9.96. The summed E-state index contributed by atoms with van der Waals surface area (Å²) in [5.74, 6) is 0.295. The topological polar surface area (TPSA) is 73.4 Å². The van der Waals surface area contributed by atoms with Gasteiger partial charge in [-0.15, -0.1) is 0 Å². The first-order chi connectivity index (χ1) is 10.3. The molecule has 0 amide bonds. The van der Waals surface area contributed by atoms with Crippen molar-refractivity contribution in [3.63, 3.8) is 0 Å². The van der Waals surface area contributed by atoms with Gasteiger partial charge >= 0.3 is 5.97 Å².